The van der Waals surface area contributed by atoms with Gasteiger partial charge >= 0.3 is 0 Å². The summed E-state index contributed by atoms with van der Waals surface area (Å²) in [5, 5.41) is 16.7. The lowest BCUT2D eigenvalue weighted by Gasteiger charge is -2.17. The zero-order valence-corrected chi connectivity index (χ0v) is 14.0. The van der Waals surface area contributed by atoms with Crippen LogP contribution in [0.4, 0.5) is 5.69 Å². The van der Waals surface area contributed by atoms with Crippen LogP contribution in [0.5, 0.6) is 5.88 Å². The molecule has 0 saturated heterocycles. The molecule has 0 aliphatic carbocycles. The Morgan fingerprint density at radius 1 is 1.26 bits per heavy atom. The van der Waals surface area contributed by atoms with E-state index in [1.54, 1.807) is 23.1 Å². The number of hydrogen-bond acceptors (Lipinski definition) is 7. The molecule has 0 fully saturated rings. The zero-order chi connectivity index (χ0) is 15.6. The summed E-state index contributed by atoms with van der Waals surface area (Å²) >= 11 is 3.19. The Labute approximate surface area is 142 Å². The summed E-state index contributed by atoms with van der Waals surface area (Å²) in [5.74, 6) is 1.41. The molecule has 116 valence electrons. The molecule has 4 rings (SSSR count). The summed E-state index contributed by atoms with van der Waals surface area (Å²) in [4.78, 5) is 4.55. The van der Waals surface area contributed by atoms with E-state index in [-0.39, 0.29) is 6.23 Å². The van der Waals surface area contributed by atoms with Crippen molar-refractivity contribution in [2.75, 3.05) is 11.1 Å². The van der Waals surface area contributed by atoms with E-state index in [1.807, 2.05) is 35.7 Å². The number of nitrogens with zero attached hydrogens (tertiary/aromatic N) is 3. The van der Waals surface area contributed by atoms with Crippen LogP contribution < -0.4 is 10.1 Å². The largest absolute Gasteiger partial charge is 0.448 e. The van der Waals surface area contributed by atoms with Crippen molar-refractivity contribution >= 4 is 28.8 Å². The predicted molar refractivity (Wildman–Crippen MR) is 93.0 cm³/mol. The van der Waals surface area contributed by atoms with E-state index >= 15 is 0 Å². The fourth-order valence-corrected chi connectivity index (χ4v) is 3.59. The van der Waals surface area contributed by atoms with Crippen molar-refractivity contribution in [1.29, 1.82) is 0 Å². The van der Waals surface area contributed by atoms with Crippen LogP contribution in [0.25, 0.3) is 11.3 Å². The number of thiophene rings is 1. The van der Waals surface area contributed by atoms with Gasteiger partial charge in [-0.15, -0.1) is 10.2 Å². The van der Waals surface area contributed by atoms with E-state index in [1.165, 1.54) is 0 Å². The molecule has 1 aromatic carbocycles. The number of para-hydroxylation sites is 1. The van der Waals surface area contributed by atoms with Crippen molar-refractivity contribution in [1.82, 2.24) is 15.2 Å². The quantitative estimate of drug-likeness (QED) is 0.719. The number of aromatic nitrogens is 3. The van der Waals surface area contributed by atoms with Crippen LogP contribution in [-0.4, -0.2) is 20.9 Å². The Morgan fingerprint density at radius 3 is 3.00 bits per heavy atom. The summed E-state index contributed by atoms with van der Waals surface area (Å²) in [6.07, 6.45) is -0.292. The SMILES string of the molecule is CCSc1nnc2c(n1)OC(c1ccsc1)Nc1ccccc1-2. The highest BCUT2D eigenvalue weighted by atomic mass is 32.2. The Kier molecular flexibility index (Phi) is 3.88. The van der Waals surface area contributed by atoms with Crippen LogP contribution in [0.1, 0.15) is 18.7 Å². The third-order valence-electron chi connectivity index (χ3n) is 3.45. The van der Waals surface area contributed by atoms with E-state index in [2.05, 4.69) is 32.8 Å². The molecular weight excluding hydrogens is 328 g/mol. The number of nitrogens with one attached hydrogen (secondary N) is 1. The Hall–Kier alpha value is -2.12. The van der Waals surface area contributed by atoms with Crippen molar-refractivity contribution in [3.8, 4) is 17.1 Å². The maximum Gasteiger partial charge on any atom is 0.247 e. The number of anilines is 1. The van der Waals surface area contributed by atoms with E-state index < -0.39 is 0 Å². The second-order valence-corrected chi connectivity index (χ2v) is 6.94. The molecule has 1 N–H and O–H groups in total. The van der Waals surface area contributed by atoms with Crippen LogP contribution in [0.2, 0.25) is 0 Å². The molecule has 0 radical (unpaired) electrons. The predicted octanol–water partition coefficient (Wildman–Crippen LogP) is 4.22. The van der Waals surface area contributed by atoms with Gasteiger partial charge in [-0.05, 0) is 28.6 Å². The number of thioether (sulfide) groups is 1. The fourth-order valence-electron chi connectivity index (χ4n) is 2.41. The van der Waals surface area contributed by atoms with Gasteiger partial charge in [0.1, 0.15) is 0 Å². The summed E-state index contributed by atoms with van der Waals surface area (Å²) < 4.78 is 6.14. The highest BCUT2D eigenvalue weighted by Crippen LogP contribution is 2.39. The van der Waals surface area contributed by atoms with Gasteiger partial charge < -0.3 is 10.1 Å². The molecule has 1 unspecified atom stereocenters. The van der Waals surface area contributed by atoms with Gasteiger partial charge in [0.05, 0.1) is 0 Å². The minimum Gasteiger partial charge on any atom is -0.448 e. The average Bonchev–Trinajstić information content (AvgIpc) is 3.05. The fraction of sp³-hybridized carbons (Fsp3) is 0.188. The second kappa shape index (κ2) is 6.17. The number of benzene rings is 1. The lowest BCUT2D eigenvalue weighted by Crippen LogP contribution is -2.16. The molecule has 1 aliphatic rings. The summed E-state index contributed by atoms with van der Waals surface area (Å²) in [7, 11) is 0. The normalized spacial score (nSPS) is 15.8. The van der Waals surface area contributed by atoms with Crippen LogP contribution in [0.15, 0.2) is 46.2 Å². The zero-order valence-electron chi connectivity index (χ0n) is 12.4. The molecule has 3 aromatic rings. The second-order valence-electron chi connectivity index (χ2n) is 4.93. The molecule has 2 aromatic heterocycles. The topological polar surface area (TPSA) is 59.9 Å². The maximum atomic E-state index is 6.14. The van der Waals surface area contributed by atoms with Crippen LogP contribution in [-0.2, 0) is 0 Å². The molecule has 7 heteroatoms. The van der Waals surface area contributed by atoms with Gasteiger partial charge in [0.15, 0.2) is 11.9 Å². The lowest BCUT2D eigenvalue weighted by atomic mass is 10.1. The van der Waals surface area contributed by atoms with Crippen molar-refractivity contribution in [3.05, 3.63) is 46.7 Å². The first kappa shape index (κ1) is 14.5. The first-order valence-electron chi connectivity index (χ1n) is 7.27. The molecule has 0 spiro atoms. The minimum absolute atomic E-state index is 0.292. The monoisotopic (exact) mass is 342 g/mol. The van der Waals surface area contributed by atoms with E-state index in [0.717, 1.165) is 22.6 Å². The van der Waals surface area contributed by atoms with E-state index in [4.69, 9.17) is 4.74 Å². The number of ether oxygens (including phenoxy) is 1. The van der Waals surface area contributed by atoms with Crippen LogP contribution in [0.3, 0.4) is 0 Å². The van der Waals surface area contributed by atoms with Gasteiger partial charge in [-0.1, -0.05) is 36.9 Å². The molecule has 3 heterocycles. The first-order chi connectivity index (χ1) is 11.3. The highest BCUT2D eigenvalue weighted by molar-refractivity contribution is 7.99. The summed E-state index contributed by atoms with van der Waals surface area (Å²) in [6, 6.07) is 10.0. The standard InChI is InChI=1S/C16H14N4OS2/c1-2-23-16-18-15-13(19-20-16)11-5-3-4-6-12(11)17-14(21-15)10-7-8-22-9-10/h3-9,14,17H,2H2,1H3. The maximum absolute atomic E-state index is 6.14. The molecule has 0 amide bonds. The lowest BCUT2D eigenvalue weighted by molar-refractivity contribution is 0.225. The Balaban J connectivity index is 1.84. The van der Waals surface area contributed by atoms with Crippen molar-refractivity contribution in [2.24, 2.45) is 0 Å². The first-order valence-corrected chi connectivity index (χ1v) is 9.20. The van der Waals surface area contributed by atoms with Crippen LogP contribution in [0, 0.1) is 0 Å². The third-order valence-corrected chi connectivity index (χ3v) is 4.87. The molecule has 23 heavy (non-hydrogen) atoms. The molecule has 0 bridgehead atoms. The molecule has 1 aliphatic heterocycles. The van der Waals surface area contributed by atoms with Gasteiger partial charge in [0, 0.05) is 16.8 Å². The molecule has 5 nitrogen and oxygen atoms in total. The average molecular weight is 342 g/mol. The van der Waals surface area contributed by atoms with Crippen molar-refractivity contribution in [3.63, 3.8) is 0 Å². The number of fused-ring (bicyclic) bond motifs is 3. The Morgan fingerprint density at radius 2 is 2.17 bits per heavy atom. The smallest absolute Gasteiger partial charge is 0.247 e. The van der Waals surface area contributed by atoms with E-state index in [0.29, 0.717) is 16.7 Å². The van der Waals surface area contributed by atoms with Gasteiger partial charge in [-0.2, -0.15) is 16.3 Å². The highest BCUT2D eigenvalue weighted by Gasteiger charge is 2.25. The molecular formula is C16H14N4OS2. The van der Waals surface area contributed by atoms with Crippen LogP contribution >= 0.6 is 23.1 Å². The third kappa shape index (κ3) is 2.77. The Bertz CT molecular complexity index is 823. The van der Waals surface area contributed by atoms with Gasteiger partial charge in [-0.25, -0.2) is 0 Å². The minimum atomic E-state index is -0.292. The number of rotatable bonds is 3. The summed E-state index contributed by atoms with van der Waals surface area (Å²) in [5.41, 5.74) is 3.66. The summed E-state index contributed by atoms with van der Waals surface area (Å²) in [6.45, 7) is 2.06. The van der Waals surface area contributed by atoms with Gasteiger partial charge in [0.2, 0.25) is 11.0 Å². The van der Waals surface area contributed by atoms with Crippen molar-refractivity contribution in [2.45, 2.75) is 18.3 Å². The number of hydrogen-bond donors (Lipinski definition) is 1. The van der Waals surface area contributed by atoms with E-state index in [9.17, 15) is 0 Å². The molecule has 1 atom stereocenters. The van der Waals surface area contributed by atoms with Gasteiger partial charge in [0.25, 0.3) is 0 Å². The van der Waals surface area contributed by atoms with Gasteiger partial charge in [-0.3, -0.25) is 0 Å². The van der Waals surface area contributed by atoms with Crippen molar-refractivity contribution < 1.29 is 4.74 Å². The molecule has 0 saturated carbocycles.